The molecular formula is C17H16ClN3O2. The van der Waals surface area contributed by atoms with Gasteiger partial charge >= 0.3 is 5.69 Å². The van der Waals surface area contributed by atoms with E-state index in [0.717, 1.165) is 11.3 Å². The number of anilines is 1. The molecule has 0 aliphatic carbocycles. The number of nitrogens with one attached hydrogen (secondary N) is 1. The second-order valence-corrected chi connectivity index (χ2v) is 5.55. The molecule has 6 heteroatoms. The van der Waals surface area contributed by atoms with Gasteiger partial charge in [-0.25, -0.2) is 4.79 Å². The molecule has 0 amide bonds. The number of hydrogen-bond acceptors (Lipinski definition) is 4. The summed E-state index contributed by atoms with van der Waals surface area (Å²) < 4.78 is 6.99. The predicted molar refractivity (Wildman–Crippen MR) is 93.2 cm³/mol. The number of benzene rings is 2. The van der Waals surface area contributed by atoms with Crippen LogP contribution in [0.4, 0.5) is 5.82 Å². The zero-order chi connectivity index (χ0) is 16.6. The summed E-state index contributed by atoms with van der Waals surface area (Å²) in [5.41, 5.74) is 2.00. The first-order valence-corrected chi connectivity index (χ1v) is 7.48. The van der Waals surface area contributed by atoms with Crippen LogP contribution in [0.1, 0.15) is 5.56 Å². The summed E-state index contributed by atoms with van der Waals surface area (Å²) in [5.74, 6) is 1.02. The van der Waals surface area contributed by atoms with Gasteiger partial charge < -0.3 is 10.1 Å². The van der Waals surface area contributed by atoms with Crippen molar-refractivity contribution in [3.8, 4) is 11.4 Å². The minimum Gasteiger partial charge on any atom is -0.496 e. The molecule has 2 aromatic carbocycles. The van der Waals surface area contributed by atoms with Gasteiger partial charge in [0.25, 0.3) is 0 Å². The molecule has 0 aliphatic rings. The molecule has 0 atom stereocenters. The number of hydrogen-bond donors (Lipinski definition) is 1. The van der Waals surface area contributed by atoms with Crippen molar-refractivity contribution in [2.24, 2.45) is 0 Å². The minimum absolute atomic E-state index is 0.375. The lowest BCUT2D eigenvalue weighted by Crippen LogP contribution is -2.24. The molecule has 0 saturated carbocycles. The number of aryl methyl sites for hydroxylation is 1. The van der Waals surface area contributed by atoms with Gasteiger partial charge in [0.05, 0.1) is 23.7 Å². The van der Waals surface area contributed by atoms with Crippen LogP contribution >= 0.6 is 11.6 Å². The van der Waals surface area contributed by atoms with Gasteiger partial charge in [0.1, 0.15) is 11.6 Å². The third-order valence-corrected chi connectivity index (χ3v) is 3.95. The van der Waals surface area contributed by atoms with Crippen molar-refractivity contribution in [2.45, 2.75) is 6.92 Å². The quantitative estimate of drug-likeness (QED) is 0.800. The summed E-state index contributed by atoms with van der Waals surface area (Å²) in [7, 11) is 3.28. The van der Waals surface area contributed by atoms with Crippen molar-refractivity contribution in [1.82, 2.24) is 9.55 Å². The van der Waals surface area contributed by atoms with Gasteiger partial charge in [0, 0.05) is 12.1 Å². The van der Waals surface area contributed by atoms with Crippen molar-refractivity contribution < 1.29 is 4.74 Å². The number of ether oxygens (including phenoxy) is 1. The fourth-order valence-corrected chi connectivity index (χ4v) is 2.88. The summed E-state index contributed by atoms with van der Waals surface area (Å²) in [6.45, 7) is 1.95. The first kappa shape index (κ1) is 15.4. The van der Waals surface area contributed by atoms with Crippen LogP contribution in [0.25, 0.3) is 16.6 Å². The van der Waals surface area contributed by atoms with Crippen molar-refractivity contribution >= 4 is 28.3 Å². The zero-order valence-electron chi connectivity index (χ0n) is 13.1. The maximum Gasteiger partial charge on any atom is 0.354 e. The number of halogens is 1. The maximum absolute atomic E-state index is 12.6. The molecule has 1 aromatic heterocycles. The highest BCUT2D eigenvalue weighted by molar-refractivity contribution is 6.31. The molecule has 0 radical (unpaired) electrons. The van der Waals surface area contributed by atoms with Crippen molar-refractivity contribution in [1.29, 1.82) is 0 Å². The van der Waals surface area contributed by atoms with Gasteiger partial charge in [-0.1, -0.05) is 29.8 Å². The number of para-hydroxylation sites is 1. The monoisotopic (exact) mass is 329 g/mol. The van der Waals surface area contributed by atoms with Gasteiger partial charge in [-0.05, 0) is 30.7 Å². The van der Waals surface area contributed by atoms with Gasteiger partial charge in [-0.2, -0.15) is 4.98 Å². The third-order valence-electron chi connectivity index (χ3n) is 3.74. The first-order valence-electron chi connectivity index (χ1n) is 7.11. The van der Waals surface area contributed by atoms with Crippen LogP contribution in [0.3, 0.4) is 0 Å². The van der Waals surface area contributed by atoms with Crippen LogP contribution in [0.5, 0.6) is 5.75 Å². The van der Waals surface area contributed by atoms with Crippen molar-refractivity contribution in [3.63, 3.8) is 0 Å². The van der Waals surface area contributed by atoms with Crippen LogP contribution in [0.15, 0.2) is 41.2 Å². The summed E-state index contributed by atoms with van der Waals surface area (Å²) >= 11 is 6.21. The lowest BCUT2D eigenvalue weighted by molar-refractivity contribution is 0.419. The second kappa shape index (κ2) is 5.93. The standard InChI is InChI=1S/C17H16ClN3O2/c1-10-6-4-5-7-12(10)21-13-8-11(18)9-14(23-3)15(13)16(19-2)20-17(21)22/h4-9H,1-3H3,(H,19,20,22). The molecule has 0 saturated heterocycles. The van der Waals surface area contributed by atoms with Crippen LogP contribution < -0.4 is 15.7 Å². The van der Waals surface area contributed by atoms with E-state index in [0.29, 0.717) is 27.5 Å². The average Bonchev–Trinajstić information content (AvgIpc) is 2.54. The highest BCUT2D eigenvalue weighted by Crippen LogP contribution is 2.34. The SMILES string of the molecule is CNc1nc(=O)n(-c2ccccc2C)c2cc(Cl)cc(OC)c12. The maximum atomic E-state index is 12.6. The lowest BCUT2D eigenvalue weighted by atomic mass is 10.1. The molecule has 118 valence electrons. The largest absolute Gasteiger partial charge is 0.496 e. The predicted octanol–water partition coefficient (Wildman–Crippen LogP) is 3.40. The molecule has 0 spiro atoms. The van der Waals surface area contributed by atoms with E-state index in [4.69, 9.17) is 16.3 Å². The van der Waals surface area contributed by atoms with Gasteiger partial charge in [-0.3, -0.25) is 4.57 Å². The Morgan fingerprint density at radius 1 is 1.26 bits per heavy atom. The molecule has 0 bridgehead atoms. The summed E-state index contributed by atoms with van der Waals surface area (Å²) in [6, 6.07) is 11.1. The van der Waals surface area contributed by atoms with E-state index in [1.807, 2.05) is 31.2 Å². The van der Waals surface area contributed by atoms with Crippen LogP contribution in [-0.2, 0) is 0 Å². The lowest BCUT2D eigenvalue weighted by Gasteiger charge is -2.16. The molecule has 3 rings (SSSR count). The zero-order valence-corrected chi connectivity index (χ0v) is 13.8. The number of fused-ring (bicyclic) bond motifs is 1. The van der Waals surface area contributed by atoms with Gasteiger partial charge in [-0.15, -0.1) is 0 Å². The highest BCUT2D eigenvalue weighted by atomic mass is 35.5. The molecule has 23 heavy (non-hydrogen) atoms. The minimum atomic E-state index is -0.375. The fraction of sp³-hybridized carbons (Fsp3) is 0.176. The van der Waals surface area contributed by atoms with Crippen molar-refractivity contribution in [2.75, 3.05) is 19.5 Å². The van der Waals surface area contributed by atoms with E-state index in [1.165, 1.54) is 0 Å². The Morgan fingerprint density at radius 2 is 2.00 bits per heavy atom. The van der Waals surface area contributed by atoms with Crippen LogP contribution in [0, 0.1) is 6.92 Å². The average molecular weight is 330 g/mol. The van der Waals surface area contributed by atoms with Crippen molar-refractivity contribution in [3.05, 3.63) is 57.5 Å². The molecule has 0 aliphatic heterocycles. The highest BCUT2D eigenvalue weighted by Gasteiger charge is 2.17. The molecule has 3 aromatic rings. The Kier molecular flexibility index (Phi) is 3.96. The molecule has 5 nitrogen and oxygen atoms in total. The summed E-state index contributed by atoms with van der Waals surface area (Å²) in [6.07, 6.45) is 0. The van der Waals surface area contributed by atoms with E-state index in [1.54, 1.807) is 30.9 Å². The topological polar surface area (TPSA) is 56.2 Å². The van der Waals surface area contributed by atoms with Crippen LogP contribution in [-0.4, -0.2) is 23.7 Å². The van der Waals surface area contributed by atoms with E-state index < -0.39 is 0 Å². The first-order chi connectivity index (χ1) is 11.1. The Morgan fingerprint density at radius 3 is 2.65 bits per heavy atom. The Labute approximate surface area is 138 Å². The van der Waals surface area contributed by atoms with Gasteiger partial charge in [0.2, 0.25) is 0 Å². The number of rotatable bonds is 3. The molecule has 0 fully saturated rings. The molecule has 0 unspecified atom stereocenters. The normalized spacial score (nSPS) is 10.8. The molecule has 1 N–H and O–H groups in total. The van der Waals surface area contributed by atoms with E-state index in [-0.39, 0.29) is 5.69 Å². The number of aromatic nitrogens is 2. The van der Waals surface area contributed by atoms with E-state index in [9.17, 15) is 4.79 Å². The summed E-state index contributed by atoms with van der Waals surface area (Å²) in [4.78, 5) is 16.8. The molecular weight excluding hydrogens is 314 g/mol. The Bertz CT molecular complexity index is 950. The molecule has 1 heterocycles. The van der Waals surface area contributed by atoms with Crippen LogP contribution in [0.2, 0.25) is 5.02 Å². The van der Waals surface area contributed by atoms with E-state index in [2.05, 4.69) is 10.3 Å². The van der Waals surface area contributed by atoms with Gasteiger partial charge in [0.15, 0.2) is 0 Å². The van der Waals surface area contributed by atoms with E-state index >= 15 is 0 Å². The fourth-order valence-electron chi connectivity index (χ4n) is 2.68. The Hall–Kier alpha value is -2.53. The third kappa shape index (κ3) is 2.53. The Balaban J connectivity index is 2.53. The smallest absolute Gasteiger partial charge is 0.354 e. The number of methoxy groups -OCH3 is 1. The number of nitrogens with zero attached hydrogens (tertiary/aromatic N) is 2. The second-order valence-electron chi connectivity index (χ2n) is 5.12. The summed E-state index contributed by atoms with van der Waals surface area (Å²) in [5, 5.41) is 4.15.